The summed E-state index contributed by atoms with van der Waals surface area (Å²) in [6.07, 6.45) is 1.52. The molecule has 1 N–H and O–H groups in total. The van der Waals surface area contributed by atoms with Gasteiger partial charge in [-0.3, -0.25) is 0 Å². The molecular formula is C15H21N7O2. The number of anilines is 1. The van der Waals surface area contributed by atoms with Crippen LogP contribution < -0.4 is 10.2 Å². The zero-order valence-corrected chi connectivity index (χ0v) is 13.9. The third-order valence-electron chi connectivity index (χ3n) is 4.68. The maximum Gasteiger partial charge on any atom is 0.317 e. The van der Waals surface area contributed by atoms with E-state index in [1.54, 1.807) is 4.52 Å². The molecule has 4 heterocycles. The van der Waals surface area contributed by atoms with Crippen molar-refractivity contribution >= 4 is 17.6 Å². The maximum absolute atomic E-state index is 12.2. The zero-order chi connectivity index (χ0) is 16.7. The lowest BCUT2D eigenvalue weighted by Crippen LogP contribution is -2.62. The van der Waals surface area contributed by atoms with E-state index in [1.165, 1.54) is 6.33 Å². The molecule has 2 amide bonds. The molecule has 0 bridgehead atoms. The van der Waals surface area contributed by atoms with E-state index < -0.39 is 0 Å². The van der Waals surface area contributed by atoms with Crippen molar-refractivity contribution in [3.8, 4) is 0 Å². The molecule has 9 heteroatoms. The quantitative estimate of drug-likeness (QED) is 0.831. The molecule has 128 valence electrons. The highest BCUT2D eigenvalue weighted by atomic mass is 16.5. The van der Waals surface area contributed by atoms with Crippen LogP contribution in [0.3, 0.4) is 0 Å². The van der Waals surface area contributed by atoms with Crippen molar-refractivity contribution in [3.63, 3.8) is 0 Å². The molecule has 2 aromatic rings. The van der Waals surface area contributed by atoms with Gasteiger partial charge in [-0.15, -0.1) is 0 Å². The summed E-state index contributed by atoms with van der Waals surface area (Å²) >= 11 is 0. The van der Waals surface area contributed by atoms with Gasteiger partial charge in [0.2, 0.25) is 0 Å². The van der Waals surface area contributed by atoms with Crippen molar-refractivity contribution in [1.29, 1.82) is 0 Å². The summed E-state index contributed by atoms with van der Waals surface area (Å²) in [5.74, 6) is 1.61. The zero-order valence-electron chi connectivity index (χ0n) is 13.9. The predicted octanol–water partition coefficient (Wildman–Crippen LogP) is -0.0285. The van der Waals surface area contributed by atoms with E-state index in [1.807, 2.05) is 18.7 Å². The molecule has 24 heavy (non-hydrogen) atoms. The van der Waals surface area contributed by atoms with E-state index in [0.717, 1.165) is 30.2 Å². The first kappa shape index (κ1) is 15.1. The average molecular weight is 331 g/mol. The summed E-state index contributed by atoms with van der Waals surface area (Å²) in [4.78, 5) is 24.9. The van der Waals surface area contributed by atoms with E-state index in [-0.39, 0.29) is 12.1 Å². The van der Waals surface area contributed by atoms with Crippen LogP contribution in [0.4, 0.5) is 10.6 Å². The standard InChI is InChI=1S/C15H21N7O2/c1-10-11(2)18-14-16-9-17-22(14)13(10)21-7-12(8-21)19-15(23)20-3-5-24-6-4-20/h9,12H,3-8H2,1-2H3,(H,19,23). The Labute approximate surface area is 139 Å². The minimum atomic E-state index is -0.00326. The third kappa shape index (κ3) is 2.54. The fourth-order valence-electron chi connectivity index (χ4n) is 3.16. The van der Waals surface area contributed by atoms with Crippen LogP contribution in [0.15, 0.2) is 6.33 Å². The van der Waals surface area contributed by atoms with Gasteiger partial charge in [-0.25, -0.2) is 9.78 Å². The monoisotopic (exact) mass is 331 g/mol. The van der Waals surface area contributed by atoms with E-state index in [4.69, 9.17) is 4.74 Å². The van der Waals surface area contributed by atoms with Crippen LogP contribution in [0.25, 0.3) is 5.78 Å². The van der Waals surface area contributed by atoms with Crippen LogP contribution in [0, 0.1) is 13.8 Å². The molecule has 2 aliphatic rings. The molecule has 4 rings (SSSR count). The van der Waals surface area contributed by atoms with Crippen LogP contribution >= 0.6 is 0 Å². The van der Waals surface area contributed by atoms with E-state index in [0.29, 0.717) is 32.1 Å². The highest BCUT2D eigenvalue weighted by Gasteiger charge is 2.32. The number of urea groups is 1. The first-order valence-corrected chi connectivity index (χ1v) is 8.18. The second kappa shape index (κ2) is 5.90. The number of carbonyl (C=O) groups excluding carboxylic acids is 1. The van der Waals surface area contributed by atoms with E-state index in [9.17, 15) is 4.79 Å². The number of aromatic nitrogens is 4. The number of carbonyl (C=O) groups is 1. The second-order valence-electron chi connectivity index (χ2n) is 6.27. The molecular weight excluding hydrogens is 310 g/mol. The van der Waals surface area contributed by atoms with Crippen LogP contribution in [0.5, 0.6) is 0 Å². The van der Waals surface area contributed by atoms with Gasteiger partial charge >= 0.3 is 6.03 Å². The van der Waals surface area contributed by atoms with Crippen molar-refractivity contribution in [3.05, 3.63) is 17.6 Å². The second-order valence-corrected chi connectivity index (χ2v) is 6.27. The predicted molar refractivity (Wildman–Crippen MR) is 87.2 cm³/mol. The molecule has 2 aromatic heterocycles. The lowest BCUT2D eigenvalue weighted by molar-refractivity contribution is 0.0522. The molecule has 2 aliphatic heterocycles. The number of morpholine rings is 1. The third-order valence-corrected chi connectivity index (χ3v) is 4.68. The smallest absolute Gasteiger partial charge is 0.317 e. The van der Waals surface area contributed by atoms with E-state index in [2.05, 4.69) is 25.3 Å². The molecule has 0 saturated carbocycles. The molecule has 2 fully saturated rings. The van der Waals surface area contributed by atoms with Crippen LogP contribution in [-0.2, 0) is 4.74 Å². The van der Waals surface area contributed by atoms with Gasteiger partial charge in [-0.1, -0.05) is 0 Å². The number of rotatable bonds is 2. The van der Waals surface area contributed by atoms with Crippen molar-refractivity contribution < 1.29 is 9.53 Å². The average Bonchev–Trinajstić information content (AvgIpc) is 3.01. The Kier molecular flexibility index (Phi) is 3.72. The first-order chi connectivity index (χ1) is 11.6. The Morgan fingerprint density at radius 3 is 2.79 bits per heavy atom. The van der Waals surface area contributed by atoms with Crippen molar-refractivity contribution in [2.45, 2.75) is 19.9 Å². The Morgan fingerprint density at radius 2 is 2.04 bits per heavy atom. The number of aryl methyl sites for hydroxylation is 1. The van der Waals surface area contributed by atoms with Crippen molar-refractivity contribution in [2.24, 2.45) is 0 Å². The first-order valence-electron chi connectivity index (χ1n) is 8.18. The van der Waals surface area contributed by atoms with Gasteiger partial charge in [0.25, 0.3) is 5.78 Å². The fraction of sp³-hybridized carbons (Fsp3) is 0.600. The number of nitrogens with one attached hydrogen (secondary N) is 1. The van der Waals surface area contributed by atoms with Gasteiger partial charge in [0.15, 0.2) is 0 Å². The highest BCUT2D eigenvalue weighted by molar-refractivity contribution is 5.75. The van der Waals surface area contributed by atoms with Crippen LogP contribution in [-0.4, -0.2) is 75.9 Å². The van der Waals surface area contributed by atoms with Crippen LogP contribution in [0.2, 0.25) is 0 Å². The van der Waals surface area contributed by atoms with Crippen molar-refractivity contribution in [2.75, 3.05) is 44.3 Å². The summed E-state index contributed by atoms with van der Waals surface area (Å²) < 4.78 is 7.04. The molecule has 0 atom stereocenters. The van der Waals surface area contributed by atoms with E-state index >= 15 is 0 Å². The van der Waals surface area contributed by atoms with Crippen molar-refractivity contribution in [1.82, 2.24) is 29.8 Å². The summed E-state index contributed by atoms with van der Waals surface area (Å²) in [5.41, 5.74) is 2.04. The minimum Gasteiger partial charge on any atom is -0.378 e. The molecule has 0 unspecified atom stereocenters. The highest BCUT2D eigenvalue weighted by Crippen LogP contribution is 2.26. The summed E-state index contributed by atoms with van der Waals surface area (Å²) in [7, 11) is 0. The maximum atomic E-state index is 12.2. The Morgan fingerprint density at radius 1 is 1.29 bits per heavy atom. The molecule has 9 nitrogen and oxygen atoms in total. The molecule has 0 spiro atoms. The van der Waals surface area contributed by atoms with Gasteiger partial charge in [0.05, 0.1) is 19.3 Å². The van der Waals surface area contributed by atoms with Gasteiger partial charge in [0.1, 0.15) is 12.1 Å². The number of amides is 2. The topological polar surface area (TPSA) is 87.9 Å². The normalized spacial score (nSPS) is 18.8. The number of nitrogens with zero attached hydrogens (tertiary/aromatic N) is 6. The summed E-state index contributed by atoms with van der Waals surface area (Å²) in [6.45, 7) is 8.08. The van der Waals surface area contributed by atoms with Gasteiger partial charge in [-0.2, -0.15) is 14.6 Å². The van der Waals surface area contributed by atoms with Crippen LogP contribution in [0.1, 0.15) is 11.3 Å². The Bertz CT molecular complexity index is 763. The lowest BCUT2D eigenvalue weighted by atomic mass is 10.1. The molecule has 0 radical (unpaired) electrons. The van der Waals surface area contributed by atoms with Gasteiger partial charge in [0, 0.05) is 37.4 Å². The number of fused-ring (bicyclic) bond motifs is 1. The summed E-state index contributed by atoms with van der Waals surface area (Å²) in [6, 6.07) is 0.142. The largest absolute Gasteiger partial charge is 0.378 e. The lowest BCUT2D eigenvalue weighted by Gasteiger charge is -2.42. The minimum absolute atomic E-state index is 0.00326. The molecule has 0 aliphatic carbocycles. The fourth-order valence-corrected chi connectivity index (χ4v) is 3.16. The summed E-state index contributed by atoms with van der Waals surface area (Å²) in [5, 5.41) is 7.37. The SMILES string of the molecule is Cc1nc2ncnn2c(N2CC(NC(=O)N3CCOCC3)C2)c1C. The number of ether oxygens (including phenoxy) is 1. The molecule has 0 aromatic carbocycles. The van der Waals surface area contributed by atoms with Gasteiger partial charge in [-0.05, 0) is 13.8 Å². The Balaban J connectivity index is 1.43. The number of hydrogen-bond acceptors (Lipinski definition) is 6. The van der Waals surface area contributed by atoms with Gasteiger partial charge < -0.3 is 19.9 Å². The number of hydrogen-bond donors (Lipinski definition) is 1. The Hall–Kier alpha value is -2.42. The molecule has 2 saturated heterocycles.